The standard InChI is InChI=1S/C33H25N5OS/c1-32(19-33(34-2)27-9-5-3-7-25(27)29(32)26-8-4-6-10-28(26)33)30(39)38-31-37-24(18-40-31)15-21-11-13-22(14-12-21)23-16-35-20-36-17-23/h3-14,16-18,20,29H,15,19H2,1H3,(H,37,38,39). The van der Waals surface area contributed by atoms with Crippen LogP contribution in [0.25, 0.3) is 16.0 Å². The van der Waals surface area contributed by atoms with Crippen LogP contribution in [0.15, 0.2) is 96.9 Å². The van der Waals surface area contributed by atoms with E-state index < -0.39 is 11.0 Å². The van der Waals surface area contributed by atoms with Crippen LogP contribution < -0.4 is 5.32 Å². The van der Waals surface area contributed by atoms with E-state index in [2.05, 4.69) is 68.7 Å². The average Bonchev–Trinajstić information content (AvgIpc) is 3.44. The number of aromatic nitrogens is 3. The van der Waals surface area contributed by atoms with E-state index in [1.807, 2.05) is 36.6 Å². The first-order chi connectivity index (χ1) is 19.5. The molecule has 7 heteroatoms. The van der Waals surface area contributed by atoms with Crippen molar-refractivity contribution in [3.8, 4) is 11.1 Å². The maximum atomic E-state index is 14.0. The molecule has 2 aromatic heterocycles. The van der Waals surface area contributed by atoms with Crippen molar-refractivity contribution in [2.45, 2.75) is 31.2 Å². The molecule has 8 rings (SSSR count). The highest BCUT2D eigenvalue weighted by Gasteiger charge is 2.64. The molecule has 194 valence electrons. The van der Waals surface area contributed by atoms with Gasteiger partial charge in [0, 0.05) is 53.2 Å². The van der Waals surface area contributed by atoms with Gasteiger partial charge in [0.05, 0.1) is 11.1 Å². The summed E-state index contributed by atoms with van der Waals surface area (Å²) in [6.45, 7) is 10.3. The van der Waals surface area contributed by atoms with Gasteiger partial charge >= 0.3 is 0 Å². The second-order valence-corrected chi connectivity index (χ2v) is 11.6. The molecule has 3 aliphatic rings. The molecule has 0 spiro atoms. The zero-order chi connectivity index (χ0) is 27.3. The molecule has 3 aromatic carbocycles. The van der Waals surface area contributed by atoms with E-state index in [1.165, 1.54) is 17.7 Å². The van der Waals surface area contributed by atoms with Crippen molar-refractivity contribution in [1.29, 1.82) is 0 Å². The number of benzene rings is 3. The van der Waals surface area contributed by atoms with E-state index in [0.717, 1.165) is 44.6 Å². The summed E-state index contributed by atoms with van der Waals surface area (Å²) in [6.07, 6.45) is 6.22. The second kappa shape index (κ2) is 9.22. The molecule has 3 aliphatic carbocycles. The fourth-order valence-electron chi connectivity index (χ4n) is 6.60. The van der Waals surface area contributed by atoms with Crippen molar-refractivity contribution < 1.29 is 4.79 Å². The second-order valence-electron chi connectivity index (χ2n) is 10.8. The Kier molecular flexibility index (Phi) is 5.62. The fourth-order valence-corrected chi connectivity index (χ4v) is 7.31. The number of carbonyl (C=O) groups is 1. The summed E-state index contributed by atoms with van der Waals surface area (Å²) < 4.78 is 0. The minimum Gasteiger partial charge on any atom is -0.301 e. The highest BCUT2D eigenvalue weighted by molar-refractivity contribution is 7.13. The van der Waals surface area contributed by atoms with Gasteiger partial charge in [-0.15, -0.1) is 11.3 Å². The van der Waals surface area contributed by atoms with Gasteiger partial charge in [-0.3, -0.25) is 9.64 Å². The van der Waals surface area contributed by atoms with Crippen LogP contribution in [0.5, 0.6) is 0 Å². The number of fused-ring (bicyclic) bond motifs is 1. The van der Waals surface area contributed by atoms with E-state index in [0.29, 0.717) is 18.0 Å². The summed E-state index contributed by atoms with van der Waals surface area (Å²) in [4.78, 5) is 31.2. The molecule has 1 amide bonds. The molecule has 0 radical (unpaired) electrons. The highest BCUT2D eigenvalue weighted by Crippen LogP contribution is 2.64. The third-order valence-corrected chi connectivity index (χ3v) is 9.22. The molecule has 0 saturated carbocycles. The smallest absolute Gasteiger partial charge is 0.284 e. The van der Waals surface area contributed by atoms with Crippen LogP contribution in [0.2, 0.25) is 0 Å². The summed E-state index contributed by atoms with van der Waals surface area (Å²) >= 11 is 1.44. The Hall–Kier alpha value is -4.67. The maximum absolute atomic E-state index is 14.0. The molecule has 1 atom stereocenters. The Morgan fingerprint density at radius 3 is 2.27 bits per heavy atom. The number of hydrogen-bond acceptors (Lipinski definition) is 5. The molecular weight excluding hydrogens is 514 g/mol. The molecular formula is C33H25N5OS. The molecule has 40 heavy (non-hydrogen) atoms. The van der Waals surface area contributed by atoms with Gasteiger partial charge in [-0.25, -0.2) is 21.5 Å². The van der Waals surface area contributed by atoms with Gasteiger partial charge in [0.25, 0.3) is 5.54 Å². The summed E-state index contributed by atoms with van der Waals surface area (Å²) in [5.41, 5.74) is 6.61. The Bertz CT molecular complexity index is 1740. The summed E-state index contributed by atoms with van der Waals surface area (Å²) in [7, 11) is 0. The Morgan fingerprint density at radius 2 is 1.62 bits per heavy atom. The quantitative estimate of drug-likeness (QED) is 0.248. The topological polar surface area (TPSA) is 72.1 Å². The van der Waals surface area contributed by atoms with E-state index in [1.54, 1.807) is 12.4 Å². The van der Waals surface area contributed by atoms with Gasteiger partial charge < -0.3 is 5.32 Å². The zero-order valence-electron chi connectivity index (χ0n) is 21.8. The number of carbonyl (C=O) groups excluding carboxylic acids is 1. The summed E-state index contributed by atoms with van der Waals surface area (Å²) in [5, 5.41) is 5.71. The molecule has 1 unspecified atom stereocenters. The lowest BCUT2D eigenvalue weighted by molar-refractivity contribution is -0.127. The normalized spacial score (nSPS) is 22.1. The van der Waals surface area contributed by atoms with Crippen LogP contribution in [-0.4, -0.2) is 20.9 Å². The van der Waals surface area contributed by atoms with Crippen molar-refractivity contribution in [3.05, 3.63) is 142 Å². The minimum absolute atomic E-state index is 0.0927. The predicted octanol–water partition coefficient (Wildman–Crippen LogP) is 6.85. The first kappa shape index (κ1) is 24.4. The van der Waals surface area contributed by atoms with Gasteiger partial charge in [-0.05, 0) is 29.2 Å². The van der Waals surface area contributed by atoms with Crippen LogP contribution in [0, 0.1) is 12.0 Å². The van der Waals surface area contributed by atoms with E-state index in [9.17, 15) is 4.79 Å². The summed E-state index contributed by atoms with van der Waals surface area (Å²) in [5.74, 6) is -0.221. The van der Waals surface area contributed by atoms with Crippen molar-refractivity contribution in [2.24, 2.45) is 5.41 Å². The van der Waals surface area contributed by atoms with Gasteiger partial charge in [-0.2, -0.15) is 0 Å². The Labute approximate surface area is 236 Å². The molecule has 0 saturated heterocycles. The van der Waals surface area contributed by atoms with Crippen molar-refractivity contribution in [1.82, 2.24) is 15.0 Å². The zero-order valence-corrected chi connectivity index (χ0v) is 22.7. The fraction of sp³-hybridized carbons (Fsp3) is 0.182. The van der Waals surface area contributed by atoms with Crippen LogP contribution >= 0.6 is 11.3 Å². The molecule has 2 bridgehead atoms. The third-order valence-electron chi connectivity index (χ3n) is 8.41. The number of thiazole rings is 1. The number of anilines is 1. The molecule has 5 aromatic rings. The van der Waals surface area contributed by atoms with Crippen LogP contribution in [-0.2, 0) is 16.8 Å². The molecule has 6 nitrogen and oxygen atoms in total. The minimum atomic E-state index is -0.875. The number of nitrogens with zero attached hydrogens (tertiary/aromatic N) is 4. The average molecular weight is 540 g/mol. The van der Waals surface area contributed by atoms with Gasteiger partial charge in [0.2, 0.25) is 5.91 Å². The first-order valence-corrected chi connectivity index (χ1v) is 14.1. The van der Waals surface area contributed by atoms with Gasteiger partial charge in [-0.1, -0.05) is 72.8 Å². The lowest BCUT2D eigenvalue weighted by atomic mass is 9.49. The van der Waals surface area contributed by atoms with Crippen LogP contribution in [0.3, 0.4) is 0 Å². The van der Waals surface area contributed by atoms with Gasteiger partial charge in [0.1, 0.15) is 6.33 Å². The largest absolute Gasteiger partial charge is 0.301 e. The molecule has 0 aliphatic heterocycles. The number of nitrogens with one attached hydrogen (secondary N) is 1. The Balaban J connectivity index is 1.14. The summed E-state index contributed by atoms with van der Waals surface area (Å²) in [6, 6.07) is 24.6. The predicted molar refractivity (Wildman–Crippen MR) is 156 cm³/mol. The van der Waals surface area contributed by atoms with Crippen LogP contribution in [0.1, 0.15) is 52.8 Å². The number of hydrogen-bond donors (Lipinski definition) is 1. The third kappa shape index (κ3) is 3.68. The van der Waals surface area contributed by atoms with E-state index >= 15 is 0 Å². The lowest BCUT2D eigenvalue weighted by Gasteiger charge is -2.51. The van der Waals surface area contributed by atoms with E-state index in [-0.39, 0.29) is 11.8 Å². The Morgan fingerprint density at radius 1 is 0.975 bits per heavy atom. The monoisotopic (exact) mass is 539 g/mol. The van der Waals surface area contributed by atoms with Gasteiger partial charge in [0.15, 0.2) is 5.13 Å². The molecule has 1 N–H and O–H groups in total. The van der Waals surface area contributed by atoms with Crippen molar-refractivity contribution in [3.63, 3.8) is 0 Å². The number of rotatable bonds is 5. The first-order valence-electron chi connectivity index (χ1n) is 13.2. The highest BCUT2D eigenvalue weighted by atomic mass is 32.1. The SMILES string of the molecule is [C-]#[N+]C12CC(C)(C(=O)Nc3nc(Cc4ccc(-c5cncnc5)cc4)cs3)C(c3ccccc31)c1ccccc12. The van der Waals surface area contributed by atoms with E-state index in [4.69, 9.17) is 11.6 Å². The molecule has 2 heterocycles. The van der Waals surface area contributed by atoms with Crippen LogP contribution in [0.4, 0.5) is 5.13 Å². The van der Waals surface area contributed by atoms with Crippen molar-refractivity contribution in [2.75, 3.05) is 5.32 Å². The lowest BCUT2D eigenvalue weighted by Crippen LogP contribution is -2.53. The maximum Gasteiger partial charge on any atom is 0.284 e. The molecule has 0 fully saturated rings. The van der Waals surface area contributed by atoms with Crippen molar-refractivity contribution >= 4 is 22.4 Å². The number of amides is 1.